The Kier molecular flexibility index (Phi) is 40.5. The summed E-state index contributed by atoms with van der Waals surface area (Å²) in [5.41, 5.74) is 0. The Labute approximate surface area is 312 Å². The molecule has 0 aliphatic heterocycles. The van der Waals surface area contributed by atoms with Crippen LogP contribution in [-0.4, -0.2) is 152 Å². The van der Waals surface area contributed by atoms with Crippen LogP contribution in [0.4, 0.5) is 0 Å². The highest BCUT2D eigenvalue weighted by Crippen LogP contribution is 2.18. The predicted octanol–water partition coefficient (Wildman–Crippen LogP) is 5.14. The Morgan fingerprint density at radius 1 is 0.523 bits per heavy atom. The third-order valence-corrected chi connectivity index (χ3v) is 17.7. The van der Waals surface area contributed by atoms with Crippen LogP contribution in [0, 0.1) is 0 Å². The van der Waals surface area contributed by atoms with Gasteiger partial charge in [0.25, 0.3) is 0 Å². The Morgan fingerprint density at radius 2 is 0.977 bits per heavy atom. The molecule has 1 atom stereocenters. The predicted molar refractivity (Wildman–Crippen MR) is 215 cm³/mol. The molecule has 0 heterocycles. The number of aliphatic hydroxyl groups excluding tert-OH is 2. The molecule has 20 heteroatoms. The number of carbonyl (C=O) groups excluding carboxylic acids is 3. The zero-order valence-electron chi connectivity index (χ0n) is 24.6. The summed E-state index contributed by atoms with van der Waals surface area (Å²) in [7, 11) is -0.833. The lowest BCUT2D eigenvalue weighted by Crippen LogP contribution is -2.08. The first-order valence-corrected chi connectivity index (χ1v) is 27.3. The Hall–Kier alpha value is 2.53. The quantitative estimate of drug-likeness (QED) is 0.0504. The molecule has 0 spiro atoms. The molecule has 0 amide bonds. The summed E-state index contributed by atoms with van der Waals surface area (Å²) in [5, 5.41) is 18.9. The van der Waals surface area contributed by atoms with Gasteiger partial charge in [0, 0.05) is 84.9 Å². The van der Waals surface area contributed by atoms with Crippen molar-refractivity contribution >= 4 is 157 Å². The molecular formula is C24H44O8S12. The fourth-order valence-corrected chi connectivity index (χ4v) is 14.0. The largest absolute Gasteiger partial charge is 0.454 e. The van der Waals surface area contributed by atoms with Crippen LogP contribution >= 0.6 is 129 Å². The van der Waals surface area contributed by atoms with Crippen molar-refractivity contribution in [1.29, 1.82) is 0 Å². The van der Waals surface area contributed by atoms with E-state index >= 15 is 0 Å². The number of esters is 2. The van der Waals surface area contributed by atoms with Crippen molar-refractivity contribution < 1.29 is 38.3 Å². The Morgan fingerprint density at radius 3 is 1.55 bits per heavy atom. The molecule has 0 fully saturated rings. The molecule has 2 N–H and O–H groups in total. The molecule has 0 saturated carbocycles. The van der Waals surface area contributed by atoms with E-state index in [1.54, 1.807) is 70.6 Å². The highest BCUT2D eigenvalue weighted by Gasteiger charge is 2.07. The van der Waals surface area contributed by atoms with Crippen LogP contribution in [0.5, 0.6) is 0 Å². The number of hydrogen-bond donors (Lipinski definition) is 2. The van der Waals surface area contributed by atoms with Gasteiger partial charge in [-0.25, -0.2) is 0 Å². The third kappa shape index (κ3) is 37.4. The van der Waals surface area contributed by atoms with Crippen molar-refractivity contribution in [2.75, 3.05) is 120 Å². The van der Waals surface area contributed by atoms with Gasteiger partial charge in [0.2, 0.25) is 0 Å². The molecule has 0 aliphatic carbocycles. The summed E-state index contributed by atoms with van der Waals surface area (Å²) in [6.45, 7) is 0. The van der Waals surface area contributed by atoms with E-state index in [0.717, 1.165) is 68.4 Å². The average molecular weight is 845 g/mol. The van der Waals surface area contributed by atoms with Crippen LogP contribution in [0.1, 0.15) is 0 Å². The van der Waals surface area contributed by atoms with Gasteiger partial charge in [-0.3, -0.25) is 18.6 Å². The van der Waals surface area contributed by atoms with Crippen LogP contribution in [0.25, 0.3) is 0 Å². The van der Waals surface area contributed by atoms with Crippen LogP contribution in [0.2, 0.25) is 0 Å². The second-order valence-corrected chi connectivity index (χ2v) is 22.0. The SMILES string of the molecule is O=C(CSCCSCCS(=O)CSCCSCSC(=O)CSCCSCC(=O)OCSCCSCO)OCSCCSCO. The molecule has 0 aliphatic rings. The summed E-state index contributed by atoms with van der Waals surface area (Å²) in [6.07, 6.45) is 0. The summed E-state index contributed by atoms with van der Waals surface area (Å²) < 4.78 is 22.5. The second-order valence-electron chi connectivity index (χ2n) is 7.64. The standard InChI is InChI=1S/C24H44O8S12/c25-16-37-5-7-39-18-31-22(27)13-34-2-1-33-11-12-44(30)21-42-10-9-41-20-43-24(29)15-36-4-3-35-14-23(28)32-19-40-8-6-38-17-26/h25-26H,1-21H2. The molecule has 44 heavy (non-hydrogen) atoms. The maximum atomic E-state index is 12.2. The van der Waals surface area contributed by atoms with E-state index in [2.05, 4.69) is 0 Å². The monoisotopic (exact) mass is 844 g/mol. The van der Waals surface area contributed by atoms with Gasteiger partial charge >= 0.3 is 11.9 Å². The average Bonchev–Trinajstić information content (AvgIpc) is 3.01. The number of hydrogen-bond acceptors (Lipinski definition) is 19. The van der Waals surface area contributed by atoms with Crippen molar-refractivity contribution in [3.05, 3.63) is 0 Å². The lowest BCUT2D eigenvalue weighted by molar-refractivity contribution is -0.139. The molecule has 0 aromatic carbocycles. The van der Waals surface area contributed by atoms with Gasteiger partial charge in [0.1, 0.15) is 11.9 Å². The summed E-state index contributed by atoms with van der Waals surface area (Å²) >= 11 is 17.2. The normalized spacial score (nSPS) is 11.9. The highest BCUT2D eigenvalue weighted by atomic mass is 32.2. The number of rotatable bonds is 34. The molecule has 0 rings (SSSR count). The van der Waals surface area contributed by atoms with Gasteiger partial charge in [-0.05, 0) is 0 Å². The molecule has 0 aromatic heterocycles. The van der Waals surface area contributed by atoms with E-state index in [4.69, 9.17) is 19.7 Å². The van der Waals surface area contributed by atoms with Crippen LogP contribution in [0.15, 0.2) is 0 Å². The van der Waals surface area contributed by atoms with E-state index in [9.17, 15) is 18.6 Å². The second kappa shape index (κ2) is 38.3. The smallest absolute Gasteiger partial charge is 0.316 e. The molecule has 0 aromatic rings. The number of ether oxygens (including phenoxy) is 2. The highest BCUT2D eigenvalue weighted by molar-refractivity contribution is 8.25. The minimum absolute atomic E-state index is 0.115. The van der Waals surface area contributed by atoms with Crippen molar-refractivity contribution in [3.8, 4) is 0 Å². The number of carbonyl (C=O) groups is 3. The number of aliphatic hydroxyl groups is 2. The molecular weight excluding hydrogens is 801 g/mol. The minimum Gasteiger partial charge on any atom is -0.454 e. The zero-order chi connectivity index (χ0) is 32.4. The van der Waals surface area contributed by atoms with Gasteiger partial charge in [-0.15, -0.1) is 94.1 Å². The van der Waals surface area contributed by atoms with Gasteiger partial charge in [-0.2, -0.15) is 23.5 Å². The Bertz CT molecular complexity index is 727. The van der Waals surface area contributed by atoms with Gasteiger partial charge in [0.05, 0.1) is 34.2 Å². The van der Waals surface area contributed by atoms with Crippen molar-refractivity contribution in [2.45, 2.75) is 0 Å². The molecule has 0 saturated heterocycles. The first kappa shape index (κ1) is 46.5. The van der Waals surface area contributed by atoms with E-state index in [1.807, 2.05) is 0 Å². The fourth-order valence-electron chi connectivity index (χ4n) is 2.27. The lowest BCUT2D eigenvalue weighted by Gasteiger charge is -2.05. The maximum absolute atomic E-state index is 12.2. The van der Waals surface area contributed by atoms with Gasteiger partial charge < -0.3 is 19.7 Å². The van der Waals surface area contributed by atoms with Gasteiger partial charge in [-0.1, -0.05) is 11.8 Å². The van der Waals surface area contributed by atoms with Crippen molar-refractivity contribution in [1.82, 2.24) is 0 Å². The number of thioether (sulfide) groups is 11. The van der Waals surface area contributed by atoms with Crippen molar-refractivity contribution in [2.24, 2.45) is 0 Å². The van der Waals surface area contributed by atoms with E-state index < -0.39 is 10.8 Å². The molecule has 0 radical (unpaired) electrons. The van der Waals surface area contributed by atoms with E-state index in [0.29, 0.717) is 40.0 Å². The summed E-state index contributed by atoms with van der Waals surface area (Å²) in [4.78, 5) is 35.3. The van der Waals surface area contributed by atoms with E-state index in [-0.39, 0.29) is 28.9 Å². The maximum Gasteiger partial charge on any atom is 0.316 e. The third-order valence-electron chi connectivity index (χ3n) is 4.28. The topological polar surface area (TPSA) is 127 Å². The molecule has 0 bridgehead atoms. The molecule has 8 nitrogen and oxygen atoms in total. The van der Waals surface area contributed by atoms with Crippen LogP contribution < -0.4 is 0 Å². The first-order chi connectivity index (χ1) is 21.5. The molecule has 260 valence electrons. The first-order valence-electron chi connectivity index (χ1n) is 13.3. The summed E-state index contributed by atoms with van der Waals surface area (Å²) in [6, 6.07) is 0. The summed E-state index contributed by atoms with van der Waals surface area (Å²) in [5.74, 6) is 11.8. The van der Waals surface area contributed by atoms with E-state index in [1.165, 1.54) is 58.8 Å². The molecule has 1 unspecified atom stereocenters. The van der Waals surface area contributed by atoms with Crippen LogP contribution in [-0.2, 0) is 34.7 Å². The Balaban J connectivity index is 3.38. The van der Waals surface area contributed by atoms with Crippen molar-refractivity contribution in [3.63, 3.8) is 0 Å². The zero-order valence-corrected chi connectivity index (χ0v) is 34.4. The van der Waals surface area contributed by atoms with Crippen LogP contribution in [0.3, 0.4) is 0 Å². The minimum atomic E-state index is -0.833. The fraction of sp³-hybridized carbons (Fsp3) is 0.875. The lowest BCUT2D eigenvalue weighted by atomic mass is 10.8. The van der Waals surface area contributed by atoms with Gasteiger partial charge in [0.15, 0.2) is 5.12 Å².